The molecule has 0 amide bonds. The highest BCUT2D eigenvalue weighted by molar-refractivity contribution is 5.57. The van der Waals surface area contributed by atoms with Gasteiger partial charge in [0.2, 0.25) is 0 Å². The van der Waals surface area contributed by atoms with Crippen LogP contribution in [-0.2, 0) is 19.3 Å². The number of anilines is 1. The van der Waals surface area contributed by atoms with Gasteiger partial charge < -0.3 is 5.32 Å². The van der Waals surface area contributed by atoms with Gasteiger partial charge in [-0.15, -0.1) is 0 Å². The van der Waals surface area contributed by atoms with Crippen LogP contribution in [0, 0.1) is 13.8 Å². The van der Waals surface area contributed by atoms with Crippen LogP contribution in [0.2, 0.25) is 0 Å². The van der Waals surface area contributed by atoms with E-state index in [1.807, 2.05) is 18.2 Å². The van der Waals surface area contributed by atoms with Gasteiger partial charge in [-0.2, -0.15) is 5.10 Å². The summed E-state index contributed by atoms with van der Waals surface area (Å²) in [4.78, 5) is 13.9. The Morgan fingerprint density at radius 2 is 2.08 bits per heavy atom. The van der Waals surface area contributed by atoms with Crippen LogP contribution in [0.3, 0.4) is 0 Å². The van der Waals surface area contributed by atoms with Crippen molar-refractivity contribution in [3.8, 4) is 11.5 Å². The number of aromatic nitrogens is 5. The Morgan fingerprint density at radius 3 is 2.85 bits per heavy atom. The number of hydrogen-bond donors (Lipinski definition) is 2. The average Bonchev–Trinajstić information content (AvgIpc) is 3.26. The van der Waals surface area contributed by atoms with Gasteiger partial charge in [-0.25, -0.2) is 9.97 Å². The van der Waals surface area contributed by atoms with E-state index in [9.17, 15) is 0 Å². The van der Waals surface area contributed by atoms with Crippen LogP contribution >= 0.6 is 0 Å². The predicted octanol–water partition coefficient (Wildman–Crippen LogP) is 3.41. The second kappa shape index (κ2) is 7.23. The van der Waals surface area contributed by atoms with Crippen molar-refractivity contribution >= 4 is 5.82 Å². The molecule has 0 atom stereocenters. The summed E-state index contributed by atoms with van der Waals surface area (Å²) in [5.74, 6) is 1.70. The van der Waals surface area contributed by atoms with Crippen molar-refractivity contribution in [1.29, 1.82) is 0 Å². The first-order chi connectivity index (χ1) is 12.7. The fourth-order valence-electron chi connectivity index (χ4n) is 3.60. The fourth-order valence-corrected chi connectivity index (χ4v) is 3.60. The number of hydrogen-bond acceptors (Lipinski definition) is 5. The van der Waals surface area contributed by atoms with Crippen molar-refractivity contribution in [3.05, 3.63) is 52.6 Å². The minimum absolute atomic E-state index is 0.718. The third-order valence-electron chi connectivity index (χ3n) is 5.00. The predicted molar refractivity (Wildman–Crippen MR) is 102 cm³/mol. The molecule has 0 fully saturated rings. The quantitative estimate of drug-likeness (QED) is 0.667. The highest BCUT2D eigenvalue weighted by atomic mass is 15.1. The monoisotopic (exact) mass is 348 g/mol. The third kappa shape index (κ3) is 3.31. The number of H-pyrrole nitrogens is 1. The van der Waals surface area contributed by atoms with E-state index in [2.05, 4.69) is 34.3 Å². The molecule has 0 aliphatic heterocycles. The van der Waals surface area contributed by atoms with E-state index in [1.165, 1.54) is 22.5 Å². The van der Waals surface area contributed by atoms with Gasteiger partial charge in [0.25, 0.3) is 0 Å². The van der Waals surface area contributed by atoms with Crippen molar-refractivity contribution in [2.24, 2.45) is 0 Å². The molecule has 0 bridgehead atoms. The van der Waals surface area contributed by atoms with Crippen molar-refractivity contribution in [2.45, 2.75) is 46.0 Å². The molecule has 0 saturated heterocycles. The van der Waals surface area contributed by atoms with Crippen molar-refractivity contribution in [2.75, 3.05) is 11.9 Å². The zero-order valence-corrected chi connectivity index (χ0v) is 15.3. The van der Waals surface area contributed by atoms with Crippen LogP contribution in [0.15, 0.2) is 24.4 Å². The maximum atomic E-state index is 4.78. The number of rotatable bonds is 6. The second-order valence-corrected chi connectivity index (χ2v) is 6.83. The maximum absolute atomic E-state index is 4.78. The molecule has 0 spiro atoms. The first kappa shape index (κ1) is 16.7. The molecule has 3 heterocycles. The van der Waals surface area contributed by atoms with E-state index in [0.29, 0.717) is 0 Å². The smallest absolute Gasteiger partial charge is 0.180 e. The third-order valence-corrected chi connectivity index (χ3v) is 5.00. The van der Waals surface area contributed by atoms with Gasteiger partial charge >= 0.3 is 0 Å². The zero-order chi connectivity index (χ0) is 17.9. The van der Waals surface area contributed by atoms with Crippen LogP contribution in [-0.4, -0.2) is 31.7 Å². The number of nitrogens with one attached hydrogen (secondary N) is 2. The summed E-state index contributed by atoms with van der Waals surface area (Å²) in [5, 5.41) is 10.9. The molecule has 6 nitrogen and oxygen atoms in total. The molecule has 3 aromatic rings. The van der Waals surface area contributed by atoms with E-state index < -0.39 is 0 Å². The van der Waals surface area contributed by atoms with E-state index >= 15 is 0 Å². The minimum atomic E-state index is 0.718. The maximum Gasteiger partial charge on any atom is 0.180 e. The summed E-state index contributed by atoms with van der Waals surface area (Å²) < 4.78 is 0. The number of aromatic amines is 1. The van der Waals surface area contributed by atoms with Crippen molar-refractivity contribution in [3.63, 3.8) is 0 Å². The molecular formula is C20H24N6. The Balaban J connectivity index is 1.48. The van der Waals surface area contributed by atoms with E-state index in [0.717, 1.165) is 61.7 Å². The van der Waals surface area contributed by atoms with E-state index in [-0.39, 0.29) is 0 Å². The standard InChI is InChI=1S/C20H24N6/c1-13-15(14(2)26-25-13)8-6-12-22-19-16-7-5-10-17(16)23-20(24-19)18-9-3-4-11-21-18/h3-4,9,11H,5-8,10,12H2,1-2H3,(H,25,26)(H,22,23,24). The number of nitrogens with zero attached hydrogens (tertiary/aromatic N) is 4. The molecular weight excluding hydrogens is 324 g/mol. The molecule has 1 aliphatic carbocycles. The SMILES string of the molecule is Cc1n[nH]c(C)c1CCCNc1nc(-c2ccccn2)nc2c1CCC2. The lowest BCUT2D eigenvalue weighted by atomic mass is 10.1. The normalized spacial score (nSPS) is 13.0. The van der Waals surface area contributed by atoms with Crippen molar-refractivity contribution in [1.82, 2.24) is 25.1 Å². The fraction of sp³-hybridized carbons (Fsp3) is 0.400. The van der Waals surface area contributed by atoms with Gasteiger partial charge in [0.1, 0.15) is 11.5 Å². The summed E-state index contributed by atoms with van der Waals surface area (Å²) in [5.41, 5.74) is 6.87. The van der Waals surface area contributed by atoms with Crippen molar-refractivity contribution < 1.29 is 0 Å². The molecule has 0 aromatic carbocycles. The lowest BCUT2D eigenvalue weighted by molar-refractivity contribution is 0.844. The van der Waals surface area contributed by atoms with Gasteiger partial charge in [0.15, 0.2) is 5.82 Å². The molecule has 0 unspecified atom stereocenters. The van der Waals surface area contributed by atoms with Crippen LogP contribution in [0.1, 0.15) is 41.1 Å². The molecule has 26 heavy (non-hydrogen) atoms. The lowest BCUT2D eigenvalue weighted by Crippen LogP contribution is -2.10. The van der Waals surface area contributed by atoms with Crippen LogP contribution in [0.5, 0.6) is 0 Å². The van der Waals surface area contributed by atoms with Crippen LogP contribution < -0.4 is 5.32 Å². The number of pyridine rings is 1. The molecule has 0 saturated carbocycles. The Bertz CT molecular complexity index is 881. The molecule has 3 aromatic heterocycles. The summed E-state index contributed by atoms with van der Waals surface area (Å²) in [7, 11) is 0. The molecule has 134 valence electrons. The van der Waals surface area contributed by atoms with Gasteiger partial charge in [0, 0.05) is 29.7 Å². The van der Waals surface area contributed by atoms with Crippen LogP contribution in [0.25, 0.3) is 11.5 Å². The Labute approximate surface area is 153 Å². The Kier molecular flexibility index (Phi) is 4.65. The topological polar surface area (TPSA) is 79.4 Å². The molecule has 0 radical (unpaired) electrons. The van der Waals surface area contributed by atoms with E-state index in [1.54, 1.807) is 6.20 Å². The summed E-state index contributed by atoms with van der Waals surface area (Å²) in [6, 6.07) is 5.85. The second-order valence-electron chi connectivity index (χ2n) is 6.83. The van der Waals surface area contributed by atoms with Gasteiger partial charge in [-0.1, -0.05) is 6.07 Å². The highest BCUT2D eigenvalue weighted by Crippen LogP contribution is 2.28. The molecule has 2 N–H and O–H groups in total. The van der Waals surface area contributed by atoms with Gasteiger partial charge in [0.05, 0.1) is 5.69 Å². The Morgan fingerprint density at radius 1 is 1.15 bits per heavy atom. The summed E-state index contributed by atoms with van der Waals surface area (Å²) in [6.07, 6.45) is 7.08. The van der Waals surface area contributed by atoms with Crippen LogP contribution in [0.4, 0.5) is 5.82 Å². The Hall–Kier alpha value is -2.76. The highest BCUT2D eigenvalue weighted by Gasteiger charge is 2.20. The van der Waals surface area contributed by atoms with Gasteiger partial charge in [-0.3, -0.25) is 10.1 Å². The number of fused-ring (bicyclic) bond motifs is 1. The summed E-state index contributed by atoms with van der Waals surface area (Å²) >= 11 is 0. The number of aryl methyl sites for hydroxylation is 3. The first-order valence-electron chi connectivity index (χ1n) is 9.28. The zero-order valence-electron chi connectivity index (χ0n) is 15.3. The molecule has 1 aliphatic rings. The minimum Gasteiger partial charge on any atom is -0.370 e. The average molecular weight is 348 g/mol. The molecule has 6 heteroatoms. The lowest BCUT2D eigenvalue weighted by Gasteiger charge is -2.12. The molecule has 4 rings (SSSR count). The van der Waals surface area contributed by atoms with E-state index in [4.69, 9.17) is 9.97 Å². The first-order valence-corrected chi connectivity index (χ1v) is 9.28. The van der Waals surface area contributed by atoms with Gasteiger partial charge in [-0.05, 0) is 63.6 Å². The largest absolute Gasteiger partial charge is 0.370 e. The summed E-state index contributed by atoms with van der Waals surface area (Å²) in [6.45, 7) is 5.02.